The molecule has 3 N–H and O–H groups in total. The van der Waals surface area contributed by atoms with Crippen LogP contribution in [0.5, 0.6) is 0 Å². The van der Waals surface area contributed by atoms with E-state index in [1.807, 2.05) is 18.2 Å². The fraction of sp³-hybridized carbons (Fsp3) is 0.176. The van der Waals surface area contributed by atoms with E-state index in [4.69, 9.17) is 16.7 Å². The van der Waals surface area contributed by atoms with Crippen LogP contribution in [-0.4, -0.2) is 22.4 Å². The van der Waals surface area contributed by atoms with Crippen molar-refractivity contribution >= 4 is 46.0 Å². The van der Waals surface area contributed by atoms with Crippen LogP contribution in [0.3, 0.4) is 0 Å². The number of halogens is 2. The third kappa shape index (κ3) is 4.12. The quantitative estimate of drug-likeness (QED) is 0.640. The molecule has 0 saturated carbocycles. The summed E-state index contributed by atoms with van der Waals surface area (Å²) in [6.45, 7) is -0.321. The molecule has 1 heterocycles. The van der Waals surface area contributed by atoms with Gasteiger partial charge in [-0.25, -0.2) is 4.39 Å². The van der Waals surface area contributed by atoms with E-state index in [0.29, 0.717) is 16.2 Å². The maximum atomic E-state index is 12.5. The molecule has 5 nitrogen and oxygen atoms in total. The Balaban J connectivity index is 1.83. The average molecular weight is 379 g/mol. The molecule has 8 heteroatoms. The van der Waals surface area contributed by atoms with Gasteiger partial charge in [0.1, 0.15) is 6.67 Å². The van der Waals surface area contributed by atoms with Crippen LogP contribution in [0.4, 0.5) is 10.1 Å². The molecule has 2 aromatic carbocycles. The number of hydrogen-bond acceptors (Lipinski definition) is 4. The first kappa shape index (κ1) is 17.7. The molecule has 1 aromatic heterocycles. The number of anilines is 1. The molecule has 0 unspecified atom stereocenters. The molecule has 0 bridgehead atoms. The predicted octanol–water partition coefficient (Wildman–Crippen LogP) is 3.81. The van der Waals surface area contributed by atoms with E-state index < -0.39 is 6.67 Å². The van der Waals surface area contributed by atoms with Crippen LogP contribution < -0.4 is 10.5 Å². The Morgan fingerprint density at radius 1 is 1.36 bits per heavy atom. The van der Waals surface area contributed by atoms with Gasteiger partial charge in [-0.05, 0) is 35.7 Å². The Labute approximate surface area is 153 Å². The van der Waals surface area contributed by atoms with E-state index in [1.54, 1.807) is 24.4 Å². The lowest BCUT2D eigenvalue weighted by Gasteiger charge is -2.08. The molecule has 0 atom stereocenters. The second-order valence-corrected chi connectivity index (χ2v) is 6.51. The van der Waals surface area contributed by atoms with Crippen LogP contribution in [0.1, 0.15) is 5.56 Å². The minimum Gasteiger partial charge on any atom is -0.326 e. The molecule has 25 heavy (non-hydrogen) atoms. The summed E-state index contributed by atoms with van der Waals surface area (Å²) < 4.78 is 14.0. The Kier molecular flexibility index (Phi) is 5.57. The van der Waals surface area contributed by atoms with Crippen LogP contribution in [-0.2, 0) is 17.8 Å². The molecule has 0 fully saturated rings. The van der Waals surface area contributed by atoms with E-state index in [0.717, 1.165) is 27.8 Å². The van der Waals surface area contributed by atoms with E-state index in [-0.39, 0.29) is 18.9 Å². The summed E-state index contributed by atoms with van der Waals surface area (Å²) >= 11 is 7.14. The molecule has 0 aliphatic rings. The average Bonchev–Trinajstić information content (AvgIpc) is 2.99. The molecular formula is C17H16ClFN4OS. The van der Waals surface area contributed by atoms with Gasteiger partial charge in [0.15, 0.2) is 0 Å². The molecule has 130 valence electrons. The Hall–Kier alpha value is -2.09. The number of aromatic nitrogens is 2. The van der Waals surface area contributed by atoms with Crippen molar-refractivity contribution in [2.45, 2.75) is 17.9 Å². The third-order valence-corrected chi connectivity index (χ3v) is 4.63. The number of hydrogen-bond donors (Lipinski definition) is 2. The Bertz CT molecular complexity index is 915. The molecule has 0 aliphatic heterocycles. The second kappa shape index (κ2) is 7.86. The Morgan fingerprint density at radius 3 is 2.88 bits per heavy atom. The van der Waals surface area contributed by atoms with Gasteiger partial charge in [-0.3, -0.25) is 14.6 Å². The van der Waals surface area contributed by atoms with Crippen LogP contribution >= 0.6 is 23.5 Å². The van der Waals surface area contributed by atoms with Crippen molar-refractivity contribution in [3.8, 4) is 0 Å². The van der Waals surface area contributed by atoms with Gasteiger partial charge in [0.05, 0.1) is 18.5 Å². The lowest BCUT2D eigenvalue weighted by Crippen LogP contribution is -2.14. The highest BCUT2D eigenvalue weighted by molar-refractivity contribution is 7.97. The number of rotatable bonds is 6. The number of nitrogens with zero attached hydrogens (tertiary/aromatic N) is 2. The van der Waals surface area contributed by atoms with Gasteiger partial charge in [0.25, 0.3) is 0 Å². The Morgan fingerprint density at radius 2 is 2.16 bits per heavy atom. The standard InChI is InChI=1S/C17H16ClFN4OS/c18-14-4-2-1-3-11(14)7-17(24)21-12-8-15-13(16(9-12)25-20)10-23(22-15)6-5-19/h1-4,8-10H,5-7,20H2,(H,21,24). The molecule has 1 amide bonds. The number of nitrogens with two attached hydrogens (primary N) is 1. The minimum atomic E-state index is -0.499. The van der Waals surface area contributed by atoms with Crippen LogP contribution in [0, 0.1) is 0 Å². The number of alkyl halides is 1. The van der Waals surface area contributed by atoms with E-state index in [1.165, 1.54) is 4.68 Å². The topological polar surface area (TPSA) is 72.9 Å². The molecule has 0 radical (unpaired) electrons. The van der Waals surface area contributed by atoms with Gasteiger partial charge in [0.2, 0.25) is 5.91 Å². The number of benzene rings is 2. The van der Waals surface area contributed by atoms with Gasteiger partial charge in [-0.2, -0.15) is 5.10 Å². The van der Waals surface area contributed by atoms with Gasteiger partial charge < -0.3 is 5.32 Å². The summed E-state index contributed by atoms with van der Waals surface area (Å²) in [6, 6.07) is 10.7. The second-order valence-electron chi connectivity index (χ2n) is 5.42. The van der Waals surface area contributed by atoms with Crippen molar-refractivity contribution in [3.05, 3.63) is 53.2 Å². The van der Waals surface area contributed by atoms with Crippen molar-refractivity contribution in [3.63, 3.8) is 0 Å². The first-order valence-corrected chi connectivity index (χ1v) is 8.83. The minimum absolute atomic E-state index is 0.166. The largest absolute Gasteiger partial charge is 0.326 e. The van der Waals surface area contributed by atoms with Crippen molar-refractivity contribution in [1.82, 2.24) is 9.78 Å². The molecule has 3 rings (SSSR count). The summed E-state index contributed by atoms with van der Waals surface area (Å²) in [7, 11) is 0. The maximum absolute atomic E-state index is 12.5. The maximum Gasteiger partial charge on any atom is 0.228 e. The van der Waals surface area contributed by atoms with Crippen LogP contribution in [0.25, 0.3) is 10.9 Å². The zero-order valence-corrected chi connectivity index (χ0v) is 14.8. The normalized spacial score (nSPS) is 11.0. The first-order chi connectivity index (χ1) is 12.1. The number of nitrogens with one attached hydrogen (secondary N) is 1. The zero-order chi connectivity index (χ0) is 17.8. The molecule has 0 saturated heterocycles. The van der Waals surface area contributed by atoms with Gasteiger partial charge in [-0.15, -0.1) is 0 Å². The van der Waals surface area contributed by atoms with E-state index in [2.05, 4.69) is 10.4 Å². The van der Waals surface area contributed by atoms with E-state index in [9.17, 15) is 9.18 Å². The fourth-order valence-electron chi connectivity index (χ4n) is 2.53. The first-order valence-electron chi connectivity index (χ1n) is 7.58. The van der Waals surface area contributed by atoms with Crippen molar-refractivity contribution in [1.29, 1.82) is 0 Å². The van der Waals surface area contributed by atoms with Gasteiger partial charge in [0, 0.05) is 27.2 Å². The van der Waals surface area contributed by atoms with Crippen molar-refractivity contribution in [2.75, 3.05) is 12.0 Å². The molecule has 0 aliphatic carbocycles. The monoisotopic (exact) mass is 378 g/mol. The van der Waals surface area contributed by atoms with Crippen LogP contribution in [0.15, 0.2) is 47.5 Å². The summed E-state index contributed by atoms with van der Waals surface area (Å²) in [6.07, 6.45) is 1.92. The lowest BCUT2D eigenvalue weighted by atomic mass is 10.1. The van der Waals surface area contributed by atoms with Crippen molar-refractivity contribution in [2.24, 2.45) is 5.14 Å². The highest BCUT2D eigenvalue weighted by atomic mass is 35.5. The summed E-state index contributed by atoms with van der Waals surface area (Å²) in [5.74, 6) is -0.191. The molecular weight excluding hydrogens is 363 g/mol. The highest BCUT2D eigenvalue weighted by Crippen LogP contribution is 2.28. The van der Waals surface area contributed by atoms with Gasteiger partial charge in [-0.1, -0.05) is 29.8 Å². The number of fused-ring (bicyclic) bond motifs is 1. The lowest BCUT2D eigenvalue weighted by molar-refractivity contribution is -0.115. The number of amides is 1. The number of aryl methyl sites for hydroxylation is 1. The smallest absolute Gasteiger partial charge is 0.228 e. The summed E-state index contributed by atoms with van der Waals surface area (Å²) in [4.78, 5) is 13.1. The SMILES string of the molecule is NSc1cc(NC(=O)Cc2ccccc2Cl)cc2nn(CCF)cc12. The van der Waals surface area contributed by atoms with Gasteiger partial charge >= 0.3 is 0 Å². The fourth-order valence-corrected chi connectivity index (χ4v) is 3.21. The number of carbonyl (C=O) groups excluding carboxylic acids is 1. The van der Waals surface area contributed by atoms with E-state index >= 15 is 0 Å². The highest BCUT2D eigenvalue weighted by Gasteiger charge is 2.12. The van der Waals surface area contributed by atoms with Crippen molar-refractivity contribution < 1.29 is 9.18 Å². The number of carbonyl (C=O) groups is 1. The third-order valence-electron chi connectivity index (χ3n) is 3.67. The molecule has 3 aromatic rings. The predicted molar refractivity (Wildman–Crippen MR) is 99.5 cm³/mol. The summed E-state index contributed by atoms with van der Waals surface area (Å²) in [5.41, 5.74) is 1.99. The summed E-state index contributed by atoms with van der Waals surface area (Å²) in [5, 5.41) is 14.2. The molecule has 0 spiro atoms. The van der Waals surface area contributed by atoms with Crippen LogP contribution in [0.2, 0.25) is 5.02 Å². The zero-order valence-electron chi connectivity index (χ0n) is 13.2.